The molecule has 2 N–H and O–H groups in total. The molecule has 0 radical (unpaired) electrons. The first-order chi connectivity index (χ1) is 10.5. The molecule has 118 valence electrons. The van der Waals surface area contributed by atoms with Gasteiger partial charge in [0, 0.05) is 35.4 Å². The number of nitrogens with one attached hydrogen (secondary N) is 2. The first-order valence-electron chi connectivity index (χ1n) is 7.82. The number of fused-ring (bicyclic) bond motifs is 1. The van der Waals surface area contributed by atoms with Crippen LogP contribution >= 0.6 is 0 Å². The molecule has 0 atom stereocenters. The summed E-state index contributed by atoms with van der Waals surface area (Å²) < 4.78 is 0. The summed E-state index contributed by atoms with van der Waals surface area (Å²) in [5.74, 6) is 0.620. The molecule has 6 nitrogen and oxygen atoms in total. The molecular formula is C16H23N5O. The summed E-state index contributed by atoms with van der Waals surface area (Å²) in [6.45, 7) is 1.79. The molecule has 0 amide bonds. The molecule has 0 unspecified atom stereocenters. The third-order valence-electron chi connectivity index (χ3n) is 4.63. The molecule has 0 aliphatic heterocycles. The van der Waals surface area contributed by atoms with E-state index in [2.05, 4.69) is 39.3 Å². The highest BCUT2D eigenvalue weighted by Crippen LogP contribution is 2.24. The highest BCUT2D eigenvalue weighted by Gasteiger charge is 2.22. The van der Waals surface area contributed by atoms with Crippen molar-refractivity contribution in [3.8, 4) is 0 Å². The third-order valence-corrected chi connectivity index (χ3v) is 4.63. The molecule has 2 heterocycles. The average molecular weight is 301 g/mol. The first-order valence-corrected chi connectivity index (χ1v) is 7.82. The van der Waals surface area contributed by atoms with Crippen LogP contribution in [0.25, 0.3) is 10.9 Å². The summed E-state index contributed by atoms with van der Waals surface area (Å²) in [6.07, 6.45) is 8.06. The molecule has 2 aromatic rings. The Bertz CT molecular complexity index is 716. The molecule has 1 aliphatic carbocycles. The maximum Gasteiger partial charge on any atom is 0.253 e. The third kappa shape index (κ3) is 2.97. The van der Waals surface area contributed by atoms with E-state index in [1.165, 1.54) is 12.8 Å². The number of rotatable bonds is 3. The predicted octanol–water partition coefficient (Wildman–Crippen LogP) is 1.91. The fourth-order valence-corrected chi connectivity index (χ4v) is 3.14. The van der Waals surface area contributed by atoms with Crippen molar-refractivity contribution in [2.75, 3.05) is 19.4 Å². The Labute approximate surface area is 130 Å². The monoisotopic (exact) mass is 301 g/mol. The van der Waals surface area contributed by atoms with Crippen LogP contribution in [0.15, 0.2) is 17.2 Å². The topological polar surface area (TPSA) is 73.9 Å². The molecule has 3 rings (SSSR count). The van der Waals surface area contributed by atoms with Crippen LogP contribution in [-0.2, 0) is 0 Å². The van der Waals surface area contributed by atoms with Crippen LogP contribution in [0.2, 0.25) is 0 Å². The molecule has 1 saturated carbocycles. The van der Waals surface area contributed by atoms with Crippen molar-refractivity contribution in [1.82, 2.24) is 19.9 Å². The zero-order chi connectivity index (χ0) is 15.7. The van der Waals surface area contributed by atoms with E-state index >= 15 is 0 Å². The SMILES string of the molecule is Cc1c(=O)[nH]cc2cnc(NC3CCC(N(C)C)CC3)nc12. The van der Waals surface area contributed by atoms with Crippen molar-refractivity contribution in [3.05, 3.63) is 28.3 Å². The van der Waals surface area contributed by atoms with Crippen molar-refractivity contribution >= 4 is 16.9 Å². The Kier molecular flexibility index (Phi) is 4.11. The molecule has 1 fully saturated rings. The molecule has 0 saturated heterocycles. The minimum absolute atomic E-state index is 0.0939. The number of aromatic amines is 1. The van der Waals surface area contributed by atoms with Gasteiger partial charge >= 0.3 is 0 Å². The summed E-state index contributed by atoms with van der Waals surface area (Å²) in [5, 5.41) is 4.29. The number of hydrogen-bond donors (Lipinski definition) is 2. The number of aryl methyl sites for hydroxylation is 1. The summed E-state index contributed by atoms with van der Waals surface area (Å²) in [4.78, 5) is 25.6. The maximum absolute atomic E-state index is 11.7. The van der Waals surface area contributed by atoms with E-state index in [9.17, 15) is 4.79 Å². The fourth-order valence-electron chi connectivity index (χ4n) is 3.14. The normalized spacial score (nSPS) is 22.2. The lowest BCUT2D eigenvalue weighted by Gasteiger charge is -2.32. The highest BCUT2D eigenvalue weighted by atomic mass is 16.1. The number of hydrogen-bond acceptors (Lipinski definition) is 5. The van der Waals surface area contributed by atoms with E-state index in [1.54, 1.807) is 19.3 Å². The van der Waals surface area contributed by atoms with Gasteiger partial charge in [-0.1, -0.05) is 0 Å². The Balaban J connectivity index is 1.75. The minimum Gasteiger partial charge on any atom is -0.351 e. The van der Waals surface area contributed by atoms with Crippen LogP contribution in [0, 0.1) is 6.92 Å². The van der Waals surface area contributed by atoms with Crippen LogP contribution in [0.5, 0.6) is 0 Å². The highest BCUT2D eigenvalue weighted by molar-refractivity contribution is 5.80. The molecule has 0 bridgehead atoms. The predicted molar refractivity (Wildman–Crippen MR) is 88.2 cm³/mol. The smallest absolute Gasteiger partial charge is 0.253 e. The van der Waals surface area contributed by atoms with E-state index in [1.807, 2.05) is 0 Å². The molecule has 22 heavy (non-hydrogen) atoms. The lowest BCUT2D eigenvalue weighted by Crippen LogP contribution is -2.36. The van der Waals surface area contributed by atoms with Gasteiger partial charge in [-0.3, -0.25) is 4.79 Å². The van der Waals surface area contributed by atoms with Crippen molar-refractivity contribution in [2.45, 2.75) is 44.7 Å². The van der Waals surface area contributed by atoms with E-state index in [0.29, 0.717) is 23.6 Å². The molecular weight excluding hydrogens is 278 g/mol. The van der Waals surface area contributed by atoms with Gasteiger partial charge in [0.05, 0.1) is 5.52 Å². The zero-order valence-corrected chi connectivity index (χ0v) is 13.4. The second-order valence-electron chi connectivity index (χ2n) is 6.35. The quantitative estimate of drug-likeness (QED) is 0.906. The van der Waals surface area contributed by atoms with Gasteiger partial charge in [-0.05, 0) is 46.7 Å². The average Bonchev–Trinajstić information content (AvgIpc) is 2.52. The van der Waals surface area contributed by atoms with E-state index in [-0.39, 0.29) is 5.56 Å². The number of aromatic nitrogens is 3. The molecule has 2 aromatic heterocycles. The largest absolute Gasteiger partial charge is 0.351 e. The Morgan fingerprint density at radius 3 is 2.68 bits per heavy atom. The lowest BCUT2D eigenvalue weighted by molar-refractivity contribution is 0.221. The second-order valence-corrected chi connectivity index (χ2v) is 6.35. The molecule has 0 aromatic carbocycles. The van der Waals surface area contributed by atoms with Crippen LogP contribution in [0.4, 0.5) is 5.95 Å². The fraction of sp³-hybridized carbons (Fsp3) is 0.562. The number of anilines is 1. The van der Waals surface area contributed by atoms with Crippen molar-refractivity contribution in [1.29, 1.82) is 0 Å². The Morgan fingerprint density at radius 1 is 1.27 bits per heavy atom. The summed E-state index contributed by atoms with van der Waals surface area (Å²) in [5.41, 5.74) is 1.27. The lowest BCUT2D eigenvalue weighted by atomic mass is 9.91. The van der Waals surface area contributed by atoms with Gasteiger partial charge in [-0.15, -0.1) is 0 Å². The number of nitrogens with zero attached hydrogens (tertiary/aromatic N) is 3. The molecule has 1 aliphatic rings. The van der Waals surface area contributed by atoms with Crippen LogP contribution in [-0.4, -0.2) is 46.0 Å². The Morgan fingerprint density at radius 2 is 2.00 bits per heavy atom. The van der Waals surface area contributed by atoms with E-state index in [0.717, 1.165) is 23.7 Å². The summed E-state index contributed by atoms with van der Waals surface area (Å²) >= 11 is 0. The first kappa shape index (κ1) is 15.0. The number of H-pyrrole nitrogens is 1. The molecule has 6 heteroatoms. The number of pyridine rings is 1. The van der Waals surface area contributed by atoms with Gasteiger partial charge in [0.25, 0.3) is 5.56 Å². The van der Waals surface area contributed by atoms with Crippen molar-refractivity contribution < 1.29 is 0 Å². The van der Waals surface area contributed by atoms with Crippen molar-refractivity contribution in [3.63, 3.8) is 0 Å². The summed E-state index contributed by atoms with van der Waals surface area (Å²) in [7, 11) is 4.29. The second kappa shape index (κ2) is 6.04. The van der Waals surface area contributed by atoms with Gasteiger partial charge in [-0.2, -0.15) is 0 Å². The standard InChI is InChI=1S/C16H23N5O/c1-10-14-11(8-17-15(10)22)9-18-16(20-14)19-12-4-6-13(7-5-12)21(2)3/h8-9,12-13H,4-7H2,1-3H3,(H,17,22)(H,18,19,20). The zero-order valence-electron chi connectivity index (χ0n) is 13.4. The van der Waals surface area contributed by atoms with Gasteiger partial charge in [-0.25, -0.2) is 9.97 Å². The summed E-state index contributed by atoms with van der Waals surface area (Å²) in [6, 6.07) is 1.09. The van der Waals surface area contributed by atoms with Gasteiger partial charge < -0.3 is 15.2 Å². The van der Waals surface area contributed by atoms with Gasteiger partial charge in [0.1, 0.15) is 0 Å². The van der Waals surface area contributed by atoms with Gasteiger partial charge in [0.15, 0.2) is 0 Å². The minimum atomic E-state index is -0.0939. The maximum atomic E-state index is 11.7. The van der Waals surface area contributed by atoms with Crippen LogP contribution < -0.4 is 10.9 Å². The van der Waals surface area contributed by atoms with Crippen LogP contribution in [0.3, 0.4) is 0 Å². The van der Waals surface area contributed by atoms with Crippen LogP contribution in [0.1, 0.15) is 31.2 Å². The molecule has 0 spiro atoms. The van der Waals surface area contributed by atoms with Gasteiger partial charge in [0.2, 0.25) is 5.95 Å². The Hall–Kier alpha value is -1.95. The van der Waals surface area contributed by atoms with E-state index in [4.69, 9.17) is 0 Å². The van der Waals surface area contributed by atoms with E-state index < -0.39 is 0 Å². The van der Waals surface area contributed by atoms with Crippen molar-refractivity contribution in [2.24, 2.45) is 0 Å².